The Morgan fingerprint density at radius 1 is 1.09 bits per heavy atom. The van der Waals surface area contributed by atoms with Gasteiger partial charge in [-0.05, 0) is 50.0 Å². The maximum atomic E-state index is 13.6. The van der Waals surface area contributed by atoms with Crippen molar-refractivity contribution < 1.29 is 24.2 Å². The Morgan fingerprint density at radius 2 is 1.87 bits per heavy atom. The molecule has 0 spiro atoms. The van der Waals surface area contributed by atoms with E-state index in [4.69, 9.17) is 0 Å². The molecule has 3 rings (SSSR count). The molecule has 1 saturated carbocycles. The molecular weight excluding hydrogens is 303 g/mol. The molecule has 3 fully saturated rings. The van der Waals surface area contributed by atoms with E-state index in [-0.39, 0.29) is 13.0 Å². The minimum atomic E-state index is -1.05. The van der Waals surface area contributed by atoms with E-state index in [1.54, 1.807) is 4.90 Å². The third kappa shape index (κ3) is 3.66. The van der Waals surface area contributed by atoms with Gasteiger partial charge >= 0.3 is 11.9 Å². The molecular formula is C16H25FN2O4. The van der Waals surface area contributed by atoms with Crippen LogP contribution in [0.2, 0.25) is 0 Å². The lowest BCUT2D eigenvalue weighted by Gasteiger charge is -2.42. The van der Waals surface area contributed by atoms with Crippen molar-refractivity contribution in [2.45, 2.75) is 50.4 Å². The number of carboxylic acid groups (broad SMARTS) is 2. The second kappa shape index (κ2) is 6.73. The highest BCUT2D eigenvalue weighted by Gasteiger charge is 2.41. The van der Waals surface area contributed by atoms with Crippen LogP contribution in [0, 0.1) is 17.8 Å². The molecule has 2 aliphatic heterocycles. The number of hydrogen-bond acceptors (Lipinski definition) is 4. The normalized spacial score (nSPS) is 41.4. The Labute approximate surface area is 135 Å². The summed E-state index contributed by atoms with van der Waals surface area (Å²) in [6.45, 7) is 1.58. The Kier molecular flexibility index (Phi) is 4.87. The molecule has 0 aromatic rings. The van der Waals surface area contributed by atoms with E-state index in [1.165, 1.54) is 0 Å². The summed E-state index contributed by atoms with van der Waals surface area (Å²) in [6.07, 6.45) is 2.65. The molecule has 0 bridgehead atoms. The first-order valence-corrected chi connectivity index (χ1v) is 8.51. The van der Waals surface area contributed by atoms with Gasteiger partial charge in [-0.2, -0.15) is 0 Å². The molecule has 1 aliphatic carbocycles. The zero-order valence-electron chi connectivity index (χ0n) is 13.2. The number of carboxylic acids is 2. The number of piperidine rings is 1. The van der Waals surface area contributed by atoms with Crippen LogP contribution >= 0.6 is 0 Å². The van der Waals surface area contributed by atoms with Gasteiger partial charge in [-0.25, -0.2) is 4.39 Å². The van der Waals surface area contributed by atoms with Gasteiger partial charge < -0.3 is 15.5 Å². The standard InChI is InChI=1S/C16H25FN2O4/c17-12-5-14(16(22)23)19(8-12)7-9-1-2-10-6-18-13(15(20)21)4-11(10)3-9/h9-14,18H,1-8H2,(H,20,21)(H,22,23)/t9?,10?,11?,12-,13?,14+/m1/s1. The van der Waals surface area contributed by atoms with Gasteiger partial charge in [-0.15, -0.1) is 0 Å². The van der Waals surface area contributed by atoms with Crippen LogP contribution in [0.5, 0.6) is 0 Å². The SMILES string of the molecule is O=C(O)C1CC2CC(CN3C[C@H](F)C[C@H]3C(=O)O)CCC2CN1. The number of alkyl halides is 1. The van der Waals surface area contributed by atoms with Crippen LogP contribution in [-0.2, 0) is 9.59 Å². The molecule has 0 amide bonds. The van der Waals surface area contributed by atoms with E-state index in [9.17, 15) is 24.2 Å². The average Bonchev–Trinajstić information content (AvgIpc) is 2.87. The maximum Gasteiger partial charge on any atom is 0.321 e. The summed E-state index contributed by atoms with van der Waals surface area (Å²) in [7, 11) is 0. The third-order valence-corrected chi connectivity index (χ3v) is 5.84. The molecule has 130 valence electrons. The van der Waals surface area contributed by atoms with Crippen LogP contribution in [-0.4, -0.2) is 64.9 Å². The van der Waals surface area contributed by atoms with Crippen molar-refractivity contribution in [3.05, 3.63) is 0 Å². The number of carbonyl (C=O) groups is 2. The van der Waals surface area contributed by atoms with Gasteiger partial charge in [-0.1, -0.05) is 0 Å². The van der Waals surface area contributed by atoms with Gasteiger partial charge in [0.15, 0.2) is 0 Å². The van der Waals surface area contributed by atoms with Crippen LogP contribution in [0.15, 0.2) is 0 Å². The summed E-state index contributed by atoms with van der Waals surface area (Å²) < 4.78 is 13.6. The molecule has 2 saturated heterocycles. The van der Waals surface area contributed by atoms with Gasteiger partial charge in [0.2, 0.25) is 0 Å². The summed E-state index contributed by atoms with van der Waals surface area (Å²) in [4.78, 5) is 24.2. The van der Waals surface area contributed by atoms with Gasteiger partial charge in [-0.3, -0.25) is 14.5 Å². The van der Waals surface area contributed by atoms with E-state index in [1.807, 2.05) is 0 Å². The topological polar surface area (TPSA) is 89.9 Å². The van der Waals surface area contributed by atoms with Crippen molar-refractivity contribution in [3.8, 4) is 0 Å². The highest BCUT2D eigenvalue weighted by molar-refractivity contribution is 5.74. The van der Waals surface area contributed by atoms with Crippen LogP contribution in [0.25, 0.3) is 0 Å². The fourth-order valence-electron chi connectivity index (χ4n) is 4.65. The fourth-order valence-corrected chi connectivity index (χ4v) is 4.65. The maximum absolute atomic E-state index is 13.6. The Balaban J connectivity index is 1.57. The Bertz CT molecular complexity index is 475. The van der Waals surface area contributed by atoms with Crippen molar-refractivity contribution in [2.75, 3.05) is 19.6 Å². The molecule has 23 heavy (non-hydrogen) atoms. The van der Waals surface area contributed by atoms with Crippen molar-refractivity contribution in [2.24, 2.45) is 17.8 Å². The molecule has 3 N–H and O–H groups in total. The predicted molar refractivity (Wildman–Crippen MR) is 80.9 cm³/mol. The first kappa shape index (κ1) is 16.6. The number of hydrogen-bond donors (Lipinski definition) is 3. The highest BCUT2D eigenvalue weighted by Crippen LogP contribution is 2.39. The minimum Gasteiger partial charge on any atom is -0.480 e. The quantitative estimate of drug-likeness (QED) is 0.712. The summed E-state index contributed by atoms with van der Waals surface area (Å²) in [6, 6.07) is -1.17. The monoisotopic (exact) mass is 328 g/mol. The molecule has 0 aromatic heterocycles. The lowest BCUT2D eigenvalue weighted by molar-refractivity contribution is -0.143. The lowest BCUT2D eigenvalue weighted by atomic mass is 9.69. The Morgan fingerprint density at radius 3 is 2.57 bits per heavy atom. The number of nitrogens with zero attached hydrogens (tertiary/aromatic N) is 1. The van der Waals surface area contributed by atoms with Crippen LogP contribution < -0.4 is 5.32 Å². The predicted octanol–water partition coefficient (Wildman–Crippen LogP) is 0.962. The van der Waals surface area contributed by atoms with Gasteiger partial charge in [0, 0.05) is 19.5 Å². The van der Waals surface area contributed by atoms with Crippen molar-refractivity contribution in [3.63, 3.8) is 0 Å². The Hall–Kier alpha value is -1.21. The molecule has 0 radical (unpaired) electrons. The van der Waals surface area contributed by atoms with E-state index >= 15 is 0 Å². The minimum absolute atomic E-state index is 0.0825. The zero-order valence-corrected chi connectivity index (χ0v) is 13.2. The fraction of sp³-hybridized carbons (Fsp3) is 0.875. The average molecular weight is 328 g/mol. The molecule has 0 aromatic carbocycles. The lowest BCUT2D eigenvalue weighted by Crippen LogP contribution is -2.50. The summed E-state index contributed by atoms with van der Waals surface area (Å²) in [5, 5.41) is 21.5. The summed E-state index contributed by atoms with van der Waals surface area (Å²) in [5.41, 5.74) is 0. The highest BCUT2D eigenvalue weighted by atomic mass is 19.1. The van der Waals surface area contributed by atoms with Crippen LogP contribution in [0.4, 0.5) is 4.39 Å². The molecule has 6 atom stereocenters. The zero-order chi connectivity index (χ0) is 16.6. The summed E-state index contributed by atoms with van der Waals surface area (Å²) >= 11 is 0. The molecule has 4 unspecified atom stereocenters. The first-order chi connectivity index (χ1) is 10.9. The smallest absolute Gasteiger partial charge is 0.321 e. The van der Waals surface area contributed by atoms with E-state index in [0.29, 0.717) is 30.7 Å². The van der Waals surface area contributed by atoms with Crippen molar-refractivity contribution in [1.29, 1.82) is 0 Å². The van der Waals surface area contributed by atoms with Gasteiger partial charge in [0.1, 0.15) is 18.3 Å². The second-order valence-corrected chi connectivity index (χ2v) is 7.37. The summed E-state index contributed by atoms with van der Waals surface area (Å²) in [5.74, 6) is -0.494. The van der Waals surface area contributed by atoms with Gasteiger partial charge in [0.05, 0.1) is 0 Å². The molecule has 6 nitrogen and oxygen atoms in total. The molecule has 7 heteroatoms. The van der Waals surface area contributed by atoms with Crippen LogP contribution in [0.3, 0.4) is 0 Å². The largest absolute Gasteiger partial charge is 0.480 e. The van der Waals surface area contributed by atoms with Crippen molar-refractivity contribution >= 4 is 11.9 Å². The van der Waals surface area contributed by atoms with Crippen molar-refractivity contribution in [1.82, 2.24) is 10.2 Å². The number of nitrogens with one attached hydrogen (secondary N) is 1. The van der Waals surface area contributed by atoms with E-state index < -0.39 is 30.2 Å². The van der Waals surface area contributed by atoms with E-state index in [2.05, 4.69) is 5.32 Å². The third-order valence-electron chi connectivity index (χ3n) is 5.84. The van der Waals surface area contributed by atoms with Crippen LogP contribution in [0.1, 0.15) is 32.1 Å². The second-order valence-electron chi connectivity index (χ2n) is 7.37. The molecule has 2 heterocycles. The number of aliphatic carboxylic acids is 2. The number of likely N-dealkylation sites (tertiary alicyclic amines) is 1. The molecule has 3 aliphatic rings. The number of halogens is 1. The van der Waals surface area contributed by atoms with Gasteiger partial charge in [0.25, 0.3) is 0 Å². The number of rotatable bonds is 4. The first-order valence-electron chi connectivity index (χ1n) is 8.51. The number of fused-ring (bicyclic) bond motifs is 1. The van der Waals surface area contributed by atoms with E-state index in [0.717, 1.165) is 25.8 Å².